The third-order valence-electron chi connectivity index (χ3n) is 5.73. The summed E-state index contributed by atoms with van der Waals surface area (Å²) in [5, 5.41) is 6.73. The Bertz CT molecular complexity index is 673. The van der Waals surface area contributed by atoms with E-state index in [9.17, 15) is 4.79 Å². The largest absolute Gasteiger partial charge is 0.489 e. The lowest BCUT2D eigenvalue weighted by Crippen LogP contribution is -2.49. The van der Waals surface area contributed by atoms with Crippen LogP contribution in [0.4, 0.5) is 0 Å². The number of hydrogen-bond acceptors (Lipinski definition) is 5. The SMILES string of the molecule is CC(C)C[C@H](N)C(=O)N(Cc1ccc(OC2CCNCC2)c(Br)c1)[C@H]1CCNC1. The summed E-state index contributed by atoms with van der Waals surface area (Å²) in [6, 6.07) is 5.92. The van der Waals surface area contributed by atoms with Crippen molar-refractivity contribution in [2.75, 3.05) is 26.2 Å². The van der Waals surface area contributed by atoms with Crippen molar-refractivity contribution >= 4 is 21.8 Å². The molecule has 0 aromatic heterocycles. The molecule has 0 saturated carbocycles. The van der Waals surface area contributed by atoms with E-state index in [4.69, 9.17) is 10.5 Å². The van der Waals surface area contributed by atoms with E-state index in [-0.39, 0.29) is 18.1 Å². The van der Waals surface area contributed by atoms with Gasteiger partial charge in [-0.2, -0.15) is 0 Å². The number of nitrogens with one attached hydrogen (secondary N) is 2. The quantitative estimate of drug-likeness (QED) is 0.548. The molecule has 2 aliphatic heterocycles. The van der Waals surface area contributed by atoms with E-state index in [1.54, 1.807) is 0 Å². The second kappa shape index (κ2) is 10.8. The Morgan fingerprint density at radius 2 is 1.97 bits per heavy atom. The first kappa shape index (κ1) is 22.5. The Hall–Kier alpha value is -1.15. The zero-order valence-corrected chi connectivity index (χ0v) is 19.2. The highest BCUT2D eigenvalue weighted by atomic mass is 79.9. The molecule has 0 spiro atoms. The summed E-state index contributed by atoms with van der Waals surface area (Å²) in [5.74, 6) is 1.33. The van der Waals surface area contributed by atoms with Gasteiger partial charge in [-0.25, -0.2) is 0 Å². The van der Waals surface area contributed by atoms with Gasteiger partial charge in [0, 0.05) is 19.1 Å². The Labute approximate surface area is 183 Å². The standard InChI is InChI=1S/C22H35BrN4O2/c1-15(2)11-20(24)22(28)27(17-5-8-26-13-17)14-16-3-4-21(19(23)12-16)29-18-6-9-25-10-7-18/h3-4,12,15,17-18,20,25-26H,5-11,13-14,24H2,1-2H3/t17-,20-/m0/s1. The van der Waals surface area contributed by atoms with Crippen molar-refractivity contribution in [2.24, 2.45) is 11.7 Å². The molecule has 4 N–H and O–H groups in total. The highest BCUT2D eigenvalue weighted by Crippen LogP contribution is 2.29. The van der Waals surface area contributed by atoms with Crippen molar-refractivity contribution in [3.8, 4) is 5.75 Å². The molecule has 7 heteroatoms. The van der Waals surface area contributed by atoms with Gasteiger partial charge in [0.15, 0.2) is 0 Å². The molecule has 1 amide bonds. The number of ether oxygens (including phenoxy) is 1. The van der Waals surface area contributed by atoms with Gasteiger partial charge in [-0.3, -0.25) is 4.79 Å². The summed E-state index contributed by atoms with van der Waals surface area (Å²) in [6.07, 6.45) is 3.99. The minimum absolute atomic E-state index is 0.0542. The van der Waals surface area contributed by atoms with Gasteiger partial charge in [-0.05, 0) is 84.9 Å². The van der Waals surface area contributed by atoms with Crippen molar-refractivity contribution in [1.29, 1.82) is 0 Å². The van der Waals surface area contributed by atoms with Crippen molar-refractivity contribution < 1.29 is 9.53 Å². The molecular formula is C22H35BrN4O2. The van der Waals surface area contributed by atoms with Crippen molar-refractivity contribution in [2.45, 2.75) is 64.3 Å². The fraction of sp³-hybridized carbons (Fsp3) is 0.682. The first-order chi connectivity index (χ1) is 13.9. The fourth-order valence-corrected chi connectivity index (χ4v) is 4.66. The molecule has 2 fully saturated rings. The van der Waals surface area contributed by atoms with Crippen LogP contribution in [0.2, 0.25) is 0 Å². The van der Waals surface area contributed by atoms with Crippen LogP contribution in [0.3, 0.4) is 0 Å². The number of halogens is 1. The van der Waals surface area contributed by atoms with Crippen LogP contribution in [0.15, 0.2) is 22.7 Å². The van der Waals surface area contributed by atoms with Crippen LogP contribution < -0.4 is 21.1 Å². The van der Waals surface area contributed by atoms with Crippen LogP contribution in [0.5, 0.6) is 5.75 Å². The third-order valence-corrected chi connectivity index (χ3v) is 6.35. The maximum atomic E-state index is 13.1. The van der Waals surface area contributed by atoms with Crippen molar-refractivity contribution in [1.82, 2.24) is 15.5 Å². The molecule has 2 heterocycles. The number of rotatable bonds is 8. The average Bonchev–Trinajstić information content (AvgIpc) is 3.22. The Kier molecular flexibility index (Phi) is 8.35. The second-order valence-corrected chi connectivity index (χ2v) is 9.54. The van der Waals surface area contributed by atoms with E-state index in [0.717, 1.165) is 61.2 Å². The number of carbonyl (C=O) groups is 1. The van der Waals surface area contributed by atoms with E-state index < -0.39 is 6.04 Å². The van der Waals surface area contributed by atoms with Crippen LogP contribution in [-0.2, 0) is 11.3 Å². The zero-order valence-electron chi connectivity index (χ0n) is 17.6. The number of nitrogens with zero attached hydrogens (tertiary/aromatic N) is 1. The van der Waals surface area contributed by atoms with Gasteiger partial charge in [0.2, 0.25) is 5.91 Å². The van der Waals surface area contributed by atoms with Gasteiger partial charge in [0.05, 0.1) is 10.5 Å². The molecule has 3 rings (SSSR count). The lowest BCUT2D eigenvalue weighted by molar-refractivity contribution is -0.135. The summed E-state index contributed by atoms with van der Waals surface area (Å²) in [4.78, 5) is 15.1. The van der Waals surface area contributed by atoms with Crippen LogP contribution in [0, 0.1) is 5.92 Å². The van der Waals surface area contributed by atoms with Crippen LogP contribution >= 0.6 is 15.9 Å². The highest BCUT2D eigenvalue weighted by molar-refractivity contribution is 9.10. The van der Waals surface area contributed by atoms with Gasteiger partial charge in [0.1, 0.15) is 11.9 Å². The van der Waals surface area contributed by atoms with Crippen molar-refractivity contribution in [3.63, 3.8) is 0 Å². The number of benzene rings is 1. The normalized spacial score (nSPS) is 21.3. The highest BCUT2D eigenvalue weighted by Gasteiger charge is 2.30. The monoisotopic (exact) mass is 466 g/mol. The maximum absolute atomic E-state index is 13.1. The number of nitrogens with two attached hydrogens (primary N) is 1. The molecule has 2 atom stereocenters. The molecule has 0 bridgehead atoms. The van der Waals surface area contributed by atoms with Gasteiger partial charge >= 0.3 is 0 Å². The molecule has 0 aliphatic carbocycles. The molecule has 29 heavy (non-hydrogen) atoms. The number of carbonyl (C=O) groups excluding carboxylic acids is 1. The molecule has 6 nitrogen and oxygen atoms in total. The molecule has 1 aromatic carbocycles. The number of piperidine rings is 1. The lowest BCUT2D eigenvalue weighted by atomic mass is 10.0. The second-order valence-electron chi connectivity index (χ2n) is 8.68. The minimum Gasteiger partial charge on any atom is -0.489 e. The van der Waals surface area contributed by atoms with Crippen molar-refractivity contribution in [3.05, 3.63) is 28.2 Å². The number of hydrogen-bond donors (Lipinski definition) is 3. The Balaban J connectivity index is 1.69. The van der Waals surface area contributed by atoms with E-state index in [2.05, 4.69) is 52.5 Å². The van der Waals surface area contributed by atoms with Gasteiger partial charge < -0.3 is 26.0 Å². The summed E-state index contributed by atoms with van der Waals surface area (Å²) >= 11 is 3.67. The predicted molar refractivity (Wildman–Crippen MR) is 120 cm³/mol. The lowest BCUT2D eigenvalue weighted by Gasteiger charge is -2.32. The van der Waals surface area contributed by atoms with Gasteiger partial charge in [0.25, 0.3) is 0 Å². The topological polar surface area (TPSA) is 79.6 Å². The van der Waals surface area contributed by atoms with E-state index in [0.29, 0.717) is 18.9 Å². The zero-order chi connectivity index (χ0) is 20.8. The van der Waals surface area contributed by atoms with Crippen LogP contribution in [0.1, 0.15) is 45.1 Å². The van der Waals surface area contributed by atoms with Crippen LogP contribution in [0.25, 0.3) is 0 Å². The van der Waals surface area contributed by atoms with E-state index >= 15 is 0 Å². The molecule has 1 aromatic rings. The molecule has 2 aliphatic rings. The predicted octanol–water partition coefficient (Wildman–Crippen LogP) is 2.64. The maximum Gasteiger partial charge on any atom is 0.240 e. The summed E-state index contributed by atoms with van der Waals surface area (Å²) < 4.78 is 7.12. The molecule has 2 saturated heterocycles. The minimum atomic E-state index is -0.443. The van der Waals surface area contributed by atoms with E-state index in [1.807, 2.05) is 11.0 Å². The Morgan fingerprint density at radius 3 is 2.59 bits per heavy atom. The van der Waals surface area contributed by atoms with E-state index in [1.165, 1.54) is 0 Å². The molecule has 162 valence electrons. The first-order valence-corrected chi connectivity index (χ1v) is 11.7. The van der Waals surface area contributed by atoms with Gasteiger partial charge in [-0.15, -0.1) is 0 Å². The average molecular weight is 467 g/mol. The molecule has 0 radical (unpaired) electrons. The molecule has 0 unspecified atom stereocenters. The smallest absolute Gasteiger partial charge is 0.240 e. The van der Waals surface area contributed by atoms with Gasteiger partial charge in [-0.1, -0.05) is 19.9 Å². The fourth-order valence-electron chi connectivity index (χ4n) is 4.14. The molecular weight excluding hydrogens is 432 g/mol. The third kappa shape index (κ3) is 6.41. The Morgan fingerprint density at radius 1 is 1.24 bits per heavy atom. The summed E-state index contributed by atoms with van der Waals surface area (Å²) in [5.41, 5.74) is 7.34. The summed E-state index contributed by atoms with van der Waals surface area (Å²) in [7, 11) is 0. The number of amides is 1. The van der Waals surface area contributed by atoms with Crippen LogP contribution in [-0.4, -0.2) is 55.2 Å². The first-order valence-electron chi connectivity index (χ1n) is 10.9. The summed E-state index contributed by atoms with van der Waals surface area (Å²) in [6.45, 7) is 8.56.